The van der Waals surface area contributed by atoms with Crippen molar-refractivity contribution in [2.45, 2.75) is 75.3 Å². The number of hydrogen-bond donors (Lipinski definition) is 8. The molecule has 2 fully saturated rings. The molecule has 0 spiro atoms. The fraction of sp³-hybridized carbons (Fsp3) is 0.481. The molecule has 8 N–H and O–H groups in total. The summed E-state index contributed by atoms with van der Waals surface area (Å²) in [6.07, 6.45) is -15.5. The SMILES string of the molecule is Cc1cc(O)c2c(c1)C(=O)c1cc(OC3OC(CO)C(OC4OC(C)C(O)C(O)C4O)C(O)C3O)cc(O)c1C2=O. The van der Waals surface area contributed by atoms with Crippen LogP contribution in [0.25, 0.3) is 0 Å². The van der Waals surface area contributed by atoms with E-state index in [1.807, 2.05) is 0 Å². The standard InChI is InChI=1S/C27H30O14/c1-8-3-11-16(13(29)4-8)20(33)17-12(19(11)32)5-10(6-14(17)30)39-27-24(37)22(35)25(15(7-28)40-27)41-26-23(36)21(34)18(31)9(2)38-26/h3-6,9,15,18,21-31,34-37H,7H2,1-2H3. The monoisotopic (exact) mass is 578 g/mol. The normalized spacial score (nSPS) is 35.1. The Bertz CT molecular complexity index is 1360. The first kappa shape index (κ1) is 29.3. The summed E-state index contributed by atoms with van der Waals surface area (Å²) in [6, 6.07) is 4.86. The largest absolute Gasteiger partial charge is 0.507 e. The van der Waals surface area contributed by atoms with Crippen molar-refractivity contribution >= 4 is 11.6 Å². The van der Waals surface area contributed by atoms with Crippen molar-refractivity contribution < 1.29 is 69.4 Å². The molecule has 1 aliphatic carbocycles. The maximum atomic E-state index is 13.2. The first-order valence-electron chi connectivity index (χ1n) is 12.8. The number of hydrogen-bond acceptors (Lipinski definition) is 14. The fourth-order valence-electron chi connectivity index (χ4n) is 5.27. The topological polar surface area (TPSA) is 233 Å². The zero-order valence-corrected chi connectivity index (χ0v) is 21.8. The van der Waals surface area contributed by atoms with Gasteiger partial charge in [-0.3, -0.25) is 9.59 Å². The number of benzene rings is 2. The highest BCUT2D eigenvalue weighted by Crippen LogP contribution is 2.40. The molecular formula is C27H30O14. The van der Waals surface area contributed by atoms with E-state index < -0.39 is 91.1 Å². The number of ether oxygens (including phenoxy) is 4. The third-order valence-electron chi connectivity index (χ3n) is 7.47. The van der Waals surface area contributed by atoms with Crippen molar-refractivity contribution in [1.82, 2.24) is 0 Å². The van der Waals surface area contributed by atoms with Crippen molar-refractivity contribution in [3.05, 3.63) is 52.1 Å². The Balaban J connectivity index is 1.37. The Labute approximate surface area is 232 Å². The molecule has 2 saturated heterocycles. The Kier molecular flexibility index (Phi) is 7.80. The van der Waals surface area contributed by atoms with Crippen LogP contribution in [0, 0.1) is 6.92 Å². The minimum Gasteiger partial charge on any atom is -0.507 e. The van der Waals surface area contributed by atoms with Crippen molar-refractivity contribution in [3.8, 4) is 17.2 Å². The summed E-state index contributed by atoms with van der Waals surface area (Å²) >= 11 is 0. The lowest BCUT2D eigenvalue weighted by Crippen LogP contribution is -2.64. The summed E-state index contributed by atoms with van der Waals surface area (Å²) < 4.78 is 22.1. The van der Waals surface area contributed by atoms with Crippen LogP contribution in [-0.2, 0) is 14.2 Å². The van der Waals surface area contributed by atoms with Gasteiger partial charge in [-0.25, -0.2) is 0 Å². The molecule has 0 saturated carbocycles. The number of aliphatic hydroxyl groups excluding tert-OH is 6. The summed E-state index contributed by atoms with van der Waals surface area (Å²) in [5.41, 5.74) is -0.375. The number of phenolic OH excluding ortho intramolecular Hbond substituents is 2. The van der Waals surface area contributed by atoms with Crippen LogP contribution in [0.4, 0.5) is 0 Å². The van der Waals surface area contributed by atoms with Gasteiger partial charge >= 0.3 is 0 Å². The molecule has 2 aromatic carbocycles. The number of carbonyl (C=O) groups excluding carboxylic acids is 2. The predicted octanol–water partition coefficient (Wildman–Crippen LogP) is -1.79. The Hall–Kier alpha value is -3.18. The molecular weight excluding hydrogens is 548 g/mol. The zero-order valence-electron chi connectivity index (χ0n) is 21.8. The third-order valence-corrected chi connectivity index (χ3v) is 7.47. The summed E-state index contributed by atoms with van der Waals surface area (Å²) in [5, 5.41) is 82.5. The van der Waals surface area contributed by atoms with Crippen molar-refractivity contribution in [2.75, 3.05) is 6.61 Å². The van der Waals surface area contributed by atoms with Gasteiger partial charge in [-0.1, -0.05) is 0 Å². The van der Waals surface area contributed by atoms with E-state index in [9.17, 15) is 50.4 Å². The van der Waals surface area contributed by atoms with Gasteiger partial charge in [-0.2, -0.15) is 0 Å². The number of ketones is 2. The maximum Gasteiger partial charge on any atom is 0.229 e. The molecule has 10 unspecified atom stereocenters. The third kappa shape index (κ3) is 4.97. The Morgan fingerprint density at radius 2 is 1.37 bits per heavy atom. The van der Waals surface area contributed by atoms with E-state index in [2.05, 4.69) is 0 Å². The van der Waals surface area contributed by atoms with Crippen LogP contribution in [0.1, 0.15) is 44.3 Å². The average Bonchev–Trinajstić information content (AvgIpc) is 2.92. The van der Waals surface area contributed by atoms with Crippen molar-refractivity contribution in [2.24, 2.45) is 0 Å². The molecule has 10 atom stereocenters. The summed E-state index contributed by atoms with van der Waals surface area (Å²) in [7, 11) is 0. The quantitative estimate of drug-likeness (QED) is 0.167. The predicted molar refractivity (Wildman–Crippen MR) is 133 cm³/mol. The van der Waals surface area contributed by atoms with Gasteiger partial charge in [0.2, 0.25) is 12.1 Å². The van der Waals surface area contributed by atoms with E-state index in [1.165, 1.54) is 19.1 Å². The minimum atomic E-state index is -1.84. The van der Waals surface area contributed by atoms with E-state index in [-0.39, 0.29) is 28.0 Å². The molecule has 2 heterocycles. The second-order valence-electron chi connectivity index (χ2n) is 10.3. The first-order valence-corrected chi connectivity index (χ1v) is 12.8. The maximum absolute atomic E-state index is 13.2. The van der Waals surface area contributed by atoms with E-state index >= 15 is 0 Å². The number of carbonyl (C=O) groups is 2. The molecule has 0 radical (unpaired) electrons. The van der Waals surface area contributed by atoms with Gasteiger partial charge in [0.15, 0.2) is 12.1 Å². The van der Waals surface area contributed by atoms with Crippen molar-refractivity contribution in [1.29, 1.82) is 0 Å². The zero-order chi connectivity index (χ0) is 29.9. The Morgan fingerprint density at radius 3 is 2.02 bits per heavy atom. The first-order chi connectivity index (χ1) is 19.3. The number of aromatic hydroxyl groups is 2. The number of aliphatic hydroxyl groups is 6. The molecule has 0 amide bonds. The van der Waals surface area contributed by atoms with Gasteiger partial charge in [-0.15, -0.1) is 0 Å². The van der Waals surface area contributed by atoms with E-state index in [1.54, 1.807) is 6.92 Å². The molecule has 2 aliphatic heterocycles. The smallest absolute Gasteiger partial charge is 0.229 e. The number of aryl methyl sites for hydroxylation is 1. The second-order valence-corrected chi connectivity index (χ2v) is 10.3. The van der Waals surface area contributed by atoms with Gasteiger partial charge in [-0.05, 0) is 37.6 Å². The Morgan fingerprint density at radius 1 is 0.756 bits per heavy atom. The van der Waals surface area contributed by atoms with Crippen LogP contribution in [0.3, 0.4) is 0 Å². The van der Waals surface area contributed by atoms with E-state index in [0.717, 1.165) is 12.1 Å². The van der Waals surface area contributed by atoms with Gasteiger partial charge in [0.05, 0.1) is 23.8 Å². The fourth-order valence-corrected chi connectivity index (χ4v) is 5.27. The van der Waals surface area contributed by atoms with Crippen LogP contribution in [0.2, 0.25) is 0 Å². The molecule has 3 aliphatic rings. The number of phenols is 2. The van der Waals surface area contributed by atoms with Crippen LogP contribution in [0.15, 0.2) is 24.3 Å². The molecule has 5 rings (SSSR count). The van der Waals surface area contributed by atoms with Crippen LogP contribution < -0.4 is 4.74 Å². The molecule has 14 nitrogen and oxygen atoms in total. The second kappa shape index (κ2) is 10.9. The molecule has 14 heteroatoms. The summed E-state index contributed by atoms with van der Waals surface area (Å²) in [6.45, 7) is 2.28. The van der Waals surface area contributed by atoms with Gasteiger partial charge in [0.25, 0.3) is 0 Å². The van der Waals surface area contributed by atoms with Crippen molar-refractivity contribution in [3.63, 3.8) is 0 Å². The number of rotatable bonds is 5. The van der Waals surface area contributed by atoms with Crippen LogP contribution in [0.5, 0.6) is 17.2 Å². The van der Waals surface area contributed by atoms with Gasteiger partial charge in [0, 0.05) is 17.2 Å². The molecule has 2 aromatic rings. The van der Waals surface area contributed by atoms with E-state index in [0.29, 0.717) is 5.56 Å². The molecule has 222 valence electrons. The summed E-state index contributed by atoms with van der Waals surface area (Å²) in [4.78, 5) is 26.3. The lowest BCUT2D eigenvalue weighted by atomic mass is 9.82. The average molecular weight is 579 g/mol. The number of fused-ring (bicyclic) bond motifs is 2. The highest BCUT2D eigenvalue weighted by atomic mass is 16.7. The lowest BCUT2D eigenvalue weighted by Gasteiger charge is -2.45. The van der Waals surface area contributed by atoms with Crippen LogP contribution >= 0.6 is 0 Å². The van der Waals surface area contributed by atoms with Gasteiger partial charge in [0.1, 0.15) is 60.0 Å². The highest BCUT2D eigenvalue weighted by Gasteiger charge is 2.50. The summed E-state index contributed by atoms with van der Waals surface area (Å²) in [5.74, 6) is -2.74. The van der Waals surface area contributed by atoms with Crippen LogP contribution in [-0.4, -0.2) is 120 Å². The molecule has 0 aromatic heterocycles. The van der Waals surface area contributed by atoms with E-state index in [4.69, 9.17) is 18.9 Å². The molecule has 41 heavy (non-hydrogen) atoms. The van der Waals surface area contributed by atoms with Gasteiger partial charge < -0.3 is 59.8 Å². The highest BCUT2D eigenvalue weighted by molar-refractivity contribution is 6.30. The lowest BCUT2D eigenvalue weighted by molar-refractivity contribution is -0.349. The minimum absolute atomic E-state index is 0.0691. The molecule has 0 bridgehead atoms.